The van der Waals surface area contributed by atoms with E-state index in [2.05, 4.69) is 0 Å². The number of ether oxygens (including phenoxy) is 1. The van der Waals surface area contributed by atoms with Gasteiger partial charge in [-0.1, -0.05) is 53.7 Å². The third-order valence-electron chi connectivity index (χ3n) is 4.47. The molecule has 2 aromatic carbocycles. The first kappa shape index (κ1) is 21.4. The standard InChI is InChI=1S/C19H18Cl3NO4S/c20-14-9-8-13(19(24)27-16-7-5-6-15(21)18(16)22)12-17(14)28(25,26)23-10-3-1-2-4-11-23/h5-9,12H,1-4,10-11H2. The zero-order valence-electron chi connectivity index (χ0n) is 14.8. The normalized spacial score (nSPS) is 15.8. The molecule has 0 unspecified atom stereocenters. The van der Waals surface area contributed by atoms with Crippen molar-refractivity contribution in [2.24, 2.45) is 0 Å². The van der Waals surface area contributed by atoms with Gasteiger partial charge in [-0.25, -0.2) is 13.2 Å². The third kappa shape index (κ3) is 4.63. The van der Waals surface area contributed by atoms with Crippen LogP contribution < -0.4 is 4.74 Å². The van der Waals surface area contributed by atoms with Crippen molar-refractivity contribution in [3.8, 4) is 5.75 Å². The molecule has 1 aliphatic rings. The third-order valence-corrected chi connectivity index (χ3v) is 7.65. The minimum absolute atomic E-state index is 0.0499. The minimum Gasteiger partial charge on any atom is -0.421 e. The number of halogens is 3. The molecule has 0 radical (unpaired) electrons. The van der Waals surface area contributed by atoms with Gasteiger partial charge in [0.2, 0.25) is 10.0 Å². The summed E-state index contributed by atoms with van der Waals surface area (Å²) in [5.74, 6) is -0.667. The second-order valence-electron chi connectivity index (χ2n) is 6.40. The Morgan fingerprint density at radius 3 is 2.29 bits per heavy atom. The molecule has 150 valence electrons. The molecular weight excluding hydrogens is 445 g/mol. The zero-order chi connectivity index (χ0) is 20.3. The predicted molar refractivity (Wildman–Crippen MR) is 110 cm³/mol. The van der Waals surface area contributed by atoms with E-state index in [0.717, 1.165) is 25.7 Å². The van der Waals surface area contributed by atoms with Crippen LogP contribution in [0.25, 0.3) is 0 Å². The number of benzene rings is 2. The van der Waals surface area contributed by atoms with Crippen LogP contribution in [0.5, 0.6) is 5.75 Å². The van der Waals surface area contributed by atoms with Crippen molar-refractivity contribution >= 4 is 50.8 Å². The molecule has 2 aromatic rings. The Morgan fingerprint density at radius 2 is 1.61 bits per heavy atom. The summed E-state index contributed by atoms with van der Waals surface area (Å²) in [5, 5.41) is 0.401. The van der Waals surface area contributed by atoms with Gasteiger partial charge >= 0.3 is 5.97 Å². The van der Waals surface area contributed by atoms with E-state index in [9.17, 15) is 13.2 Å². The van der Waals surface area contributed by atoms with E-state index < -0.39 is 16.0 Å². The molecule has 0 bridgehead atoms. The van der Waals surface area contributed by atoms with E-state index >= 15 is 0 Å². The lowest BCUT2D eigenvalue weighted by molar-refractivity contribution is 0.0734. The van der Waals surface area contributed by atoms with Crippen LogP contribution in [0.1, 0.15) is 36.0 Å². The van der Waals surface area contributed by atoms with Gasteiger partial charge in [-0.2, -0.15) is 4.31 Å². The number of sulfonamides is 1. The van der Waals surface area contributed by atoms with Crippen LogP contribution in [0, 0.1) is 0 Å². The summed E-state index contributed by atoms with van der Waals surface area (Å²) in [6.45, 7) is 0.872. The summed E-state index contributed by atoms with van der Waals surface area (Å²) in [4.78, 5) is 12.4. The monoisotopic (exact) mass is 461 g/mol. The second kappa shape index (κ2) is 9.01. The first-order valence-electron chi connectivity index (χ1n) is 8.76. The number of rotatable bonds is 4. The van der Waals surface area contributed by atoms with Crippen LogP contribution in [0.4, 0.5) is 0 Å². The molecule has 0 spiro atoms. The van der Waals surface area contributed by atoms with Crippen LogP contribution in [0.15, 0.2) is 41.3 Å². The zero-order valence-corrected chi connectivity index (χ0v) is 17.9. The van der Waals surface area contributed by atoms with E-state index in [4.69, 9.17) is 39.5 Å². The van der Waals surface area contributed by atoms with Crippen LogP contribution in [0.2, 0.25) is 15.1 Å². The SMILES string of the molecule is O=C(Oc1cccc(Cl)c1Cl)c1ccc(Cl)c(S(=O)(=O)N2CCCCCC2)c1. The Balaban J connectivity index is 1.90. The molecule has 0 amide bonds. The van der Waals surface area contributed by atoms with Gasteiger partial charge in [0.15, 0.2) is 5.75 Å². The van der Waals surface area contributed by atoms with Gasteiger partial charge in [0.25, 0.3) is 0 Å². The highest BCUT2D eigenvalue weighted by Gasteiger charge is 2.28. The van der Waals surface area contributed by atoms with Crippen molar-refractivity contribution in [2.45, 2.75) is 30.6 Å². The van der Waals surface area contributed by atoms with Crippen LogP contribution in [-0.2, 0) is 10.0 Å². The molecule has 0 aliphatic carbocycles. The number of nitrogens with zero attached hydrogens (tertiary/aromatic N) is 1. The van der Waals surface area contributed by atoms with Crippen molar-refractivity contribution < 1.29 is 17.9 Å². The Bertz CT molecular complexity index is 987. The summed E-state index contributed by atoms with van der Waals surface area (Å²) in [6.07, 6.45) is 3.58. The van der Waals surface area contributed by atoms with E-state index in [1.54, 1.807) is 12.1 Å². The summed E-state index contributed by atoms with van der Waals surface area (Å²) < 4.78 is 32.8. The molecule has 1 fully saturated rings. The average Bonchev–Trinajstić information content (AvgIpc) is 2.95. The fraction of sp³-hybridized carbons (Fsp3) is 0.316. The molecule has 0 aromatic heterocycles. The van der Waals surface area contributed by atoms with E-state index in [0.29, 0.717) is 13.1 Å². The topological polar surface area (TPSA) is 63.7 Å². The molecule has 3 rings (SSSR count). The van der Waals surface area contributed by atoms with Crippen molar-refractivity contribution in [2.75, 3.05) is 13.1 Å². The summed E-state index contributed by atoms with van der Waals surface area (Å²) >= 11 is 18.1. The smallest absolute Gasteiger partial charge is 0.343 e. The average molecular weight is 463 g/mol. The summed E-state index contributed by atoms with van der Waals surface area (Å²) in [7, 11) is -3.81. The summed E-state index contributed by atoms with van der Waals surface area (Å²) in [6, 6.07) is 8.68. The molecule has 9 heteroatoms. The van der Waals surface area contributed by atoms with Gasteiger partial charge in [-0.3, -0.25) is 0 Å². The van der Waals surface area contributed by atoms with E-state index in [1.807, 2.05) is 0 Å². The van der Waals surface area contributed by atoms with Gasteiger partial charge in [0, 0.05) is 13.1 Å². The lowest BCUT2D eigenvalue weighted by Gasteiger charge is -2.21. The second-order valence-corrected chi connectivity index (χ2v) is 9.50. The largest absolute Gasteiger partial charge is 0.421 e. The van der Waals surface area contributed by atoms with Gasteiger partial charge in [0.05, 0.1) is 15.6 Å². The maximum absolute atomic E-state index is 13.0. The first-order chi connectivity index (χ1) is 13.3. The molecule has 0 atom stereocenters. The fourth-order valence-electron chi connectivity index (χ4n) is 2.97. The molecule has 1 saturated heterocycles. The van der Waals surface area contributed by atoms with Crippen LogP contribution in [-0.4, -0.2) is 31.8 Å². The van der Waals surface area contributed by atoms with E-state index in [1.165, 1.54) is 28.6 Å². The van der Waals surface area contributed by atoms with Crippen molar-refractivity contribution in [1.82, 2.24) is 4.31 Å². The Morgan fingerprint density at radius 1 is 0.929 bits per heavy atom. The quantitative estimate of drug-likeness (QED) is 0.449. The van der Waals surface area contributed by atoms with Crippen molar-refractivity contribution in [3.63, 3.8) is 0 Å². The molecule has 1 aliphatic heterocycles. The maximum atomic E-state index is 13.0. The van der Waals surface area contributed by atoms with Gasteiger partial charge in [-0.15, -0.1) is 0 Å². The van der Waals surface area contributed by atoms with Crippen molar-refractivity contribution in [1.29, 1.82) is 0 Å². The van der Waals surface area contributed by atoms with Gasteiger partial charge in [-0.05, 0) is 43.2 Å². The van der Waals surface area contributed by atoms with E-state index in [-0.39, 0.29) is 31.3 Å². The van der Waals surface area contributed by atoms with Gasteiger partial charge < -0.3 is 4.74 Å². The summed E-state index contributed by atoms with van der Waals surface area (Å²) in [5.41, 5.74) is 0.0499. The Hall–Kier alpha value is -1.31. The highest BCUT2D eigenvalue weighted by molar-refractivity contribution is 7.89. The lowest BCUT2D eigenvalue weighted by Crippen LogP contribution is -2.32. The Labute approximate surface area is 179 Å². The maximum Gasteiger partial charge on any atom is 0.343 e. The predicted octanol–water partition coefficient (Wildman–Crippen LogP) is 5.43. The van der Waals surface area contributed by atoms with Crippen molar-refractivity contribution in [3.05, 3.63) is 57.0 Å². The highest BCUT2D eigenvalue weighted by atomic mass is 35.5. The van der Waals surface area contributed by atoms with Crippen LogP contribution >= 0.6 is 34.8 Å². The molecule has 5 nitrogen and oxygen atoms in total. The number of carbonyl (C=O) groups excluding carboxylic acids is 1. The van der Waals surface area contributed by atoms with Gasteiger partial charge in [0.1, 0.15) is 9.92 Å². The molecule has 0 saturated carbocycles. The number of carbonyl (C=O) groups is 1. The Kier molecular flexibility index (Phi) is 6.89. The first-order valence-corrected chi connectivity index (χ1v) is 11.3. The number of hydrogen-bond donors (Lipinski definition) is 0. The number of hydrogen-bond acceptors (Lipinski definition) is 4. The molecular formula is C19H18Cl3NO4S. The lowest BCUT2D eigenvalue weighted by atomic mass is 10.2. The van der Waals surface area contributed by atoms with Crippen LogP contribution in [0.3, 0.4) is 0 Å². The minimum atomic E-state index is -3.81. The molecule has 0 N–H and O–H groups in total. The molecule has 1 heterocycles. The highest BCUT2D eigenvalue weighted by Crippen LogP contribution is 2.33. The number of esters is 1. The fourth-order valence-corrected chi connectivity index (χ4v) is 5.32. The molecule has 28 heavy (non-hydrogen) atoms.